The topological polar surface area (TPSA) is 93.5 Å². The van der Waals surface area contributed by atoms with E-state index in [1.54, 1.807) is 0 Å². The predicted molar refractivity (Wildman–Crippen MR) is 87.4 cm³/mol. The van der Waals surface area contributed by atoms with E-state index in [1.165, 1.54) is 19.2 Å². The predicted octanol–water partition coefficient (Wildman–Crippen LogP) is 2.83. The van der Waals surface area contributed by atoms with Crippen molar-refractivity contribution in [3.63, 3.8) is 0 Å². The van der Waals surface area contributed by atoms with Gasteiger partial charge in [-0.15, -0.1) is 0 Å². The summed E-state index contributed by atoms with van der Waals surface area (Å²) in [6.07, 6.45) is 5.11. The minimum Gasteiger partial charge on any atom is -0.487 e. The van der Waals surface area contributed by atoms with Gasteiger partial charge in [0.25, 0.3) is 5.91 Å². The van der Waals surface area contributed by atoms with Crippen molar-refractivity contribution in [3.8, 4) is 5.75 Å². The van der Waals surface area contributed by atoms with Crippen molar-refractivity contribution in [2.24, 2.45) is 7.05 Å². The van der Waals surface area contributed by atoms with Gasteiger partial charge >= 0.3 is 5.97 Å². The maximum absolute atomic E-state index is 14.2. The second kappa shape index (κ2) is 6.92. The van der Waals surface area contributed by atoms with Crippen molar-refractivity contribution >= 4 is 17.6 Å². The monoisotopic (exact) mass is 347 g/mol. The van der Waals surface area contributed by atoms with Crippen LogP contribution in [-0.2, 0) is 7.05 Å². The first-order valence-corrected chi connectivity index (χ1v) is 7.98. The molecule has 1 aliphatic rings. The number of benzene rings is 1. The summed E-state index contributed by atoms with van der Waals surface area (Å²) >= 11 is 0. The third-order valence-electron chi connectivity index (χ3n) is 4.17. The largest absolute Gasteiger partial charge is 0.487 e. The smallest absolute Gasteiger partial charge is 0.339 e. The van der Waals surface area contributed by atoms with Crippen LogP contribution in [0.5, 0.6) is 5.75 Å². The van der Waals surface area contributed by atoms with Crippen LogP contribution in [0.3, 0.4) is 0 Å². The van der Waals surface area contributed by atoms with Crippen LogP contribution in [0.1, 0.15) is 46.5 Å². The zero-order valence-electron chi connectivity index (χ0n) is 13.7. The molecule has 132 valence electrons. The van der Waals surface area contributed by atoms with E-state index in [1.807, 2.05) is 0 Å². The molecule has 2 aromatic rings. The number of nitrogens with zero attached hydrogens (tertiary/aromatic N) is 2. The third kappa shape index (κ3) is 3.62. The van der Waals surface area contributed by atoms with Crippen LogP contribution < -0.4 is 10.1 Å². The highest BCUT2D eigenvalue weighted by Gasteiger charge is 2.22. The van der Waals surface area contributed by atoms with E-state index >= 15 is 0 Å². The maximum atomic E-state index is 14.2. The summed E-state index contributed by atoms with van der Waals surface area (Å²) in [5.41, 5.74) is -0.125. The van der Waals surface area contributed by atoms with Gasteiger partial charge in [-0.25, -0.2) is 9.18 Å². The number of halogens is 1. The van der Waals surface area contributed by atoms with Crippen LogP contribution in [-0.4, -0.2) is 32.9 Å². The summed E-state index contributed by atoms with van der Waals surface area (Å²) in [5.74, 6) is -2.36. The van der Waals surface area contributed by atoms with Crippen LogP contribution in [0.15, 0.2) is 24.4 Å². The molecule has 1 aliphatic carbocycles. The van der Waals surface area contributed by atoms with Gasteiger partial charge in [-0.05, 0) is 37.8 Å². The average Bonchev–Trinajstić information content (AvgIpc) is 3.19. The highest BCUT2D eigenvalue weighted by Crippen LogP contribution is 2.27. The van der Waals surface area contributed by atoms with Crippen molar-refractivity contribution in [2.45, 2.75) is 31.8 Å². The van der Waals surface area contributed by atoms with Crippen molar-refractivity contribution in [3.05, 3.63) is 41.5 Å². The first kappa shape index (κ1) is 16.9. The number of hydrogen-bond donors (Lipinski definition) is 2. The van der Waals surface area contributed by atoms with E-state index in [0.29, 0.717) is 0 Å². The molecule has 1 aromatic carbocycles. The Morgan fingerprint density at radius 2 is 2.08 bits per heavy atom. The van der Waals surface area contributed by atoms with Crippen molar-refractivity contribution < 1.29 is 23.8 Å². The highest BCUT2D eigenvalue weighted by atomic mass is 19.1. The summed E-state index contributed by atoms with van der Waals surface area (Å²) in [6, 6.07) is 4.13. The number of rotatable bonds is 5. The first-order valence-electron chi connectivity index (χ1n) is 7.98. The number of nitrogens with one attached hydrogen (secondary N) is 1. The minimum atomic E-state index is -1.26. The van der Waals surface area contributed by atoms with Crippen LogP contribution in [0.2, 0.25) is 0 Å². The molecule has 1 amide bonds. The van der Waals surface area contributed by atoms with Gasteiger partial charge in [0, 0.05) is 18.8 Å². The number of aromatic nitrogens is 2. The number of amides is 1. The van der Waals surface area contributed by atoms with E-state index < -0.39 is 17.7 Å². The number of aromatic carboxylic acids is 1. The highest BCUT2D eigenvalue weighted by molar-refractivity contribution is 6.09. The van der Waals surface area contributed by atoms with E-state index in [0.717, 1.165) is 42.6 Å². The second-order valence-corrected chi connectivity index (χ2v) is 5.96. The number of aryl methyl sites for hydroxylation is 1. The fourth-order valence-electron chi connectivity index (χ4n) is 2.91. The van der Waals surface area contributed by atoms with E-state index in [9.17, 15) is 14.0 Å². The van der Waals surface area contributed by atoms with Gasteiger partial charge < -0.3 is 15.2 Å². The Kier molecular flexibility index (Phi) is 4.69. The molecule has 7 nitrogen and oxygen atoms in total. The lowest BCUT2D eigenvalue weighted by atomic mass is 10.2. The summed E-state index contributed by atoms with van der Waals surface area (Å²) in [4.78, 5) is 23.5. The Morgan fingerprint density at radius 3 is 2.72 bits per heavy atom. The van der Waals surface area contributed by atoms with Crippen LogP contribution in [0.4, 0.5) is 10.1 Å². The van der Waals surface area contributed by atoms with Crippen LogP contribution >= 0.6 is 0 Å². The molecule has 0 unspecified atom stereocenters. The lowest BCUT2D eigenvalue weighted by Gasteiger charge is -2.14. The lowest BCUT2D eigenvalue weighted by molar-refractivity contribution is 0.0692. The van der Waals surface area contributed by atoms with Gasteiger partial charge in [0.15, 0.2) is 11.6 Å². The Morgan fingerprint density at radius 1 is 1.36 bits per heavy atom. The third-order valence-corrected chi connectivity index (χ3v) is 4.17. The molecule has 0 radical (unpaired) electrons. The first-order chi connectivity index (χ1) is 12.0. The number of anilines is 1. The Hall–Kier alpha value is -2.90. The van der Waals surface area contributed by atoms with E-state index in [-0.39, 0.29) is 28.8 Å². The summed E-state index contributed by atoms with van der Waals surface area (Å²) in [7, 11) is 1.46. The number of hydrogen-bond acceptors (Lipinski definition) is 4. The van der Waals surface area contributed by atoms with Gasteiger partial charge in [-0.1, -0.05) is 0 Å². The fourth-order valence-corrected chi connectivity index (χ4v) is 2.91. The van der Waals surface area contributed by atoms with Gasteiger partial charge in [-0.2, -0.15) is 5.10 Å². The number of carbonyl (C=O) groups excluding carboxylic acids is 1. The zero-order chi connectivity index (χ0) is 18.0. The Labute approximate surface area is 143 Å². The molecule has 2 N–H and O–H groups in total. The van der Waals surface area contributed by atoms with Crippen molar-refractivity contribution in [1.29, 1.82) is 0 Å². The molecule has 1 heterocycles. The van der Waals surface area contributed by atoms with Gasteiger partial charge in [0.1, 0.15) is 11.3 Å². The number of carboxylic acids is 1. The molecular weight excluding hydrogens is 329 g/mol. The molecule has 0 aliphatic heterocycles. The molecule has 1 saturated carbocycles. The molecule has 0 saturated heterocycles. The molecule has 8 heteroatoms. The number of carboxylic acid groups (broad SMARTS) is 1. The second-order valence-electron chi connectivity index (χ2n) is 5.96. The molecule has 0 bridgehead atoms. The molecular formula is C17H18FN3O4. The number of carbonyl (C=O) groups is 2. The SMILES string of the molecule is Cn1ncc(C(=O)O)c1C(=O)Nc1ccc(OC2CCCC2)c(F)c1. The van der Waals surface area contributed by atoms with Crippen molar-refractivity contribution in [2.75, 3.05) is 5.32 Å². The average molecular weight is 347 g/mol. The quantitative estimate of drug-likeness (QED) is 0.867. The molecule has 0 atom stereocenters. The molecule has 25 heavy (non-hydrogen) atoms. The molecule has 3 rings (SSSR count). The molecule has 1 fully saturated rings. The zero-order valence-corrected chi connectivity index (χ0v) is 13.7. The lowest BCUT2D eigenvalue weighted by Crippen LogP contribution is -2.19. The van der Waals surface area contributed by atoms with Gasteiger partial charge in [0.2, 0.25) is 0 Å². The van der Waals surface area contributed by atoms with Crippen LogP contribution in [0, 0.1) is 5.82 Å². The fraction of sp³-hybridized carbons (Fsp3) is 0.353. The minimum absolute atomic E-state index is 0.0301. The number of ether oxygens (including phenoxy) is 1. The van der Waals surface area contributed by atoms with Gasteiger partial charge in [-0.3, -0.25) is 9.48 Å². The Balaban J connectivity index is 1.75. The molecule has 0 spiro atoms. The standard InChI is InChI=1S/C17H18FN3O4/c1-21-15(12(9-19-21)17(23)24)16(22)20-10-6-7-14(13(18)8-10)25-11-4-2-3-5-11/h6-9,11H,2-5H2,1H3,(H,20,22)(H,23,24). The summed E-state index contributed by atoms with van der Waals surface area (Å²) in [6.45, 7) is 0. The maximum Gasteiger partial charge on any atom is 0.339 e. The summed E-state index contributed by atoms with van der Waals surface area (Å²) in [5, 5.41) is 15.4. The summed E-state index contributed by atoms with van der Waals surface area (Å²) < 4.78 is 21.0. The van der Waals surface area contributed by atoms with E-state index in [2.05, 4.69) is 10.4 Å². The van der Waals surface area contributed by atoms with E-state index in [4.69, 9.17) is 9.84 Å². The van der Waals surface area contributed by atoms with Crippen molar-refractivity contribution in [1.82, 2.24) is 9.78 Å². The Bertz CT molecular complexity index is 812. The van der Waals surface area contributed by atoms with Crippen LogP contribution in [0.25, 0.3) is 0 Å². The van der Waals surface area contributed by atoms with Gasteiger partial charge in [0.05, 0.1) is 12.3 Å². The molecule has 1 aromatic heterocycles. The normalized spacial score (nSPS) is 14.5.